The molecule has 3 rings (SSSR count). The number of allylic oxidation sites excluding steroid dienone is 1. The molecule has 27 heavy (non-hydrogen) atoms. The predicted octanol–water partition coefficient (Wildman–Crippen LogP) is 5.24. The van der Waals surface area contributed by atoms with Crippen molar-refractivity contribution in [1.82, 2.24) is 0 Å². The normalized spacial score (nSPS) is 11.6. The maximum atomic E-state index is 13.0. The van der Waals surface area contributed by atoms with Crippen LogP contribution in [0, 0.1) is 0 Å². The lowest BCUT2D eigenvalue weighted by Crippen LogP contribution is -2.04. The number of Topliss-reactive ketones (excluding diaryl/α,β-unsaturated/α-hetero) is 1. The molecular weight excluding hydrogens is 484 g/mol. The Kier molecular flexibility index (Phi) is 5.48. The number of aromatic hydroxyl groups is 2. The fraction of sp³-hybridized carbons (Fsp3) is 0.105. The van der Waals surface area contributed by atoms with Gasteiger partial charge in [0.2, 0.25) is 5.78 Å². The molecule has 0 saturated heterocycles. The fourth-order valence-electron chi connectivity index (χ4n) is 2.67. The smallest absolute Gasteiger partial charge is 0.207 e. The number of benzene rings is 2. The Bertz CT molecular complexity index is 1070. The zero-order valence-corrected chi connectivity index (χ0v) is 17.4. The summed E-state index contributed by atoms with van der Waals surface area (Å²) in [6, 6.07) is 6.37. The first-order valence-corrected chi connectivity index (χ1v) is 9.22. The van der Waals surface area contributed by atoms with Crippen LogP contribution in [0.5, 0.6) is 23.0 Å². The molecule has 0 bridgehead atoms. The molecule has 8 heteroatoms. The van der Waals surface area contributed by atoms with Gasteiger partial charge in [0.25, 0.3) is 0 Å². The van der Waals surface area contributed by atoms with Gasteiger partial charge in [-0.2, -0.15) is 0 Å². The minimum Gasteiger partial charge on any atom is -0.506 e. The molecule has 2 aromatic carbocycles. The first-order valence-electron chi connectivity index (χ1n) is 7.63. The highest BCUT2D eigenvalue weighted by atomic mass is 79.9. The summed E-state index contributed by atoms with van der Waals surface area (Å²) in [5.74, 6) is -0.316. The molecule has 6 nitrogen and oxygen atoms in total. The van der Waals surface area contributed by atoms with Crippen molar-refractivity contribution in [2.75, 3.05) is 14.2 Å². The zero-order chi connectivity index (χ0) is 19.7. The zero-order valence-electron chi connectivity index (χ0n) is 14.2. The fourth-order valence-corrected chi connectivity index (χ4v) is 3.64. The minimum atomic E-state index is -0.497. The van der Waals surface area contributed by atoms with Gasteiger partial charge in [-0.1, -0.05) is 6.07 Å². The summed E-state index contributed by atoms with van der Waals surface area (Å²) in [5.41, 5.74) is 0.927. The van der Waals surface area contributed by atoms with Crippen LogP contribution in [0.15, 0.2) is 43.9 Å². The molecule has 2 N–H and O–H groups in total. The van der Waals surface area contributed by atoms with Gasteiger partial charge in [0.05, 0.1) is 30.4 Å². The molecule has 0 aliphatic carbocycles. The molecule has 0 atom stereocenters. The standard InChI is InChI=1S/C19H14Br2O6/c1-25-13-4-3-9(8-12(13)22)7-11(20)16(23)14-17(24)15(21)19-10(5-6-27-19)18(14)26-2/h3-8,22,24H,1-2H3/b11-7-. The molecule has 0 amide bonds. The third-order valence-electron chi connectivity index (χ3n) is 3.93. The van der Waals surface area contributed by atoms with Crippen LogP contribution in [0.25, 0.3) is 17.0 Å². The average molecular weight is 498 g/mol. The number of phenolic OH excluding ortho intramolecular Hbond substituents is 2. The molecule has 0 fully saturated rings. The van der Waals surface area contributed by atoms with E-state index in [1.165, 1.54) is 32.6 Å². The number of carbonyl (C=O) groups excluding carboxylic acids is 1. The Morgan fingerprint density at radius 2 is 1.93 bits per heavy atom. The van der Waals surface area contributed by atoms with Crippen molar-refractivity contribution in [1.29, 1.82) is 0 Å². The second-order valence-corrected chi connectivity index (χ2v) is 7.13. The second kappa shape index (κ2) is 7.66. The summed E-state index contributed by atoms with van der Waals surface area (Å²) in [5, 5.41) is 20.9. The van der Waals surface area contributed by atoms with E-state index in [1.807, 2.05) is 0 Å². The summed E-state index contributed by atoms with van der Waals surface area (Å²) in [4.78, 5) is 13.0. The number of carbonyl (C=O) groups is 1. The largest absolute Gasteiger partial charge is 0.506 e. The number of furan rings is 1. The van der Waals surface area contributed by atoms with E-state index in [-0.39, 0.29) is 31.8 Å². The van der Waals surface area contributed by atoms with Gasteiger partial charge in [0.15, 0.2) is 17.1 Å². The molecule has 0 aliphatic rings. The molecule has 140 valence electrons. The summed E-state index contributed by atoms with van der Waals surface area (Å²) in [7, 11) is 2.86. The molecular formula is C19H14Br2O6. The van der Waals surface area contributed by atoms with Crippen molar-refractivity contribution < 1.29 is 28.9 Å². The van der Waals surface area contributed by atoms with E-state index < -0.39 is 5.78 Å². The topological polar surface area (TPSA) is 89.1 Å². The number of hydrogen-bond acceptors (Lipinski definition) is 6. The summed E-state index contributed by atoms with van der Waals surface area (Å²) in [6.07, 6.45) is 2.96. The van der Waals surface area contributed by atoms with Gasteiger partial charge < -0.3 is 24.1 Å². The van der Waals surface area contributed by atoms with Gasteiger partial charge in [-0.3, -0.25) is 4.79 Å². The van der Waals surface area contributed by atoms with Gasteiger partial charge in [0.1, 0.15) is 21.5 Å². The van der Waals surface area contributed by atoms with Crippen molar-refractivity contribution in [2.45, 2.75) is 0 Å². The van der Waals surface area contributed by atoms with Crippen molar-refractivity contribution in [2.24, 2.45) is 0 Å². The number of halogens is 2. The van der Waals surface area contributed by atoms with Crippen molar-refractivity contribution in [3.63, 3.8) is 0 Å². The van der Waals surface area contributed by atoms with E-state index in [0.717, 1.165) is 0 Å². The summed E-state index contributed by atoms with van der Waals surface area (Å²) in [6.45, 7) is 0. The monoisotopic (exact) mass is 496 g/mol. The van der Waals surface area contributed by atoms with Crippen molar-refractivity contribution in [3.05, 3.63) is 50.6 Å². The Morgan fingerprint density at radius 3 is 2.56 bits per heavy atom. The van der Waals surface area contributed by atoms with Gasteiger partial charge in [-0.25, -0.2) is 0 Å². The first kappa shape index (κ1) is 19.3. The van der Waals surface area contributed by atoms with Crippen LogP contribution in [-0.2, 0) is 0 Å². The lowest BCUT2D eigenvalue weighted by atomic mass is 10.0. The van der Waals surface area contributed by atoms with Crippen LogP contribution >= 0.6 is 31.9 Å². The molecule has 1 heterocycles. The summed E-state index contributed by atoms with van der Waals surface area (Å²) < 4.78 is 16.1. The predicted molar refractivity (Wildman–Crippen MR) is 108 cm³/mol. The molecule has 3 aromatic rings. The third kappa shape index (κ3) is 3.42. The number of ether oxygens (including phenoxy) is 2. The van der Waals surface area contributed by atoms with Crippen LogP contribution in [0.4, 0.5) is 0 Å². The number of ketones is 1. The number of phenols is 2. The molecule has 0 radical (unpaired) electrons. The highest BCUT2D eigenvalue weighted by Gasteiger charge is 2.27. The Morgan fingerprint density at radius 1 is 1.19 bits per heavy atom. The van der Waals surface area contributed by atoms with Crippen LogP contribution in [0.2, 0.25) is 0 Å². The molecule has 0 spiro atoms. The highest BCUT2D eigenvalue weighted by molar-refractivity contribution is 9.12. The van der Waals surface area contributed by atoms with E-state index in [9.17, 15) is 15.0 Å². The summed E-state index contributed by atoms with van der Waals surface area (Å²) >= 11 is 6.50. The second-order valence-electron chi connectivity index (χ2n) is 5.49. The van der Waals surface area contributed by atoms with Crippen LogP contribution in [0.3, 0.4) is 0 Å². The molecule has 0 unspecified atom stereocenters. The first-order chi connectivity index (χ1) is 12.9. The molecule has 0 saturated carbocycles. The van der Waals surface area contributed by atoms with Crippen LogP contribution < -0.4 is 9.47 Å². The lowest BCUT2D eigenvalue weighted by Gasteiger charge is -2.12. The van der Waals surface area contributed by atoms with Crippen LogP contribution in [-0.4, -0.2) is 30.2 Å². The van der Waals surface area contributed by atoms with Gasteiger partial charge in [0, 0.05) is 0 Å². The Balaban J connectivity index is 2.10. The number of fused-ring (bicyclic) bond motifs is 1. The SMILES string of the molecule is COc1ccc(/C=C(\Br)C(=O)c2c(O)c(Br)c3occc3c2OC)cc1O. The molecule has 1 aromatic heterocycles. The maximum absolute atomic E-state index is 13.0. The van der Waals surface area contributed by atoms with Crippen LogP contribution in [0.1, 0.15) is 15.9 Å². The van der Waals surface area contributed by atoms with E-state index in [4.69, 9.17) is 13.9 Å². The van der Waals surface area contributed by atoms with Gasteiger partial charge in [-0.15, -0.1) is 0 Å². The number of hydrogen-bond donors (Lipinski definition) is 2. The Labute approximate surface area is 171 Å². The van der Waals surface area contributed by atoms with E-state index in [2.05, 4.69) is 31.9 Å². The van der Waals surface area contributed by atoms with E-state index in [1.54, 1.807) is 18.2 Å². The maximum Gasteiger partial charge on any atom is 0.207 e. The van der Waals surface area contributed by atoms with Gasteiger partial charge in [-0.05, 0) is 61.7 Å². The van der Waals surface area contributed by atoms with E-state index >= 15 is 0 Å². The van der Waals surface area contributed by atoms with E-state index in [0.29, 0.717) is 22.3 Å². The van der Waals surface area contributed by atoms with Crippen molar-refractivity contribution in [3.8, 4) is 23.0 Å². The van der Waals surface area contributed by atoms with Gasteiger partial charge >= 0.3 is 0 Å². The average Bonchev–Trinajstić information content (AvgIpc) is 3.13. The lowest BCUT2D eigenvalue weighted by molar-refractivity contribution is 0.103. The Hall–Kier alpha value is -2.45. The number of methoxy groups -OCH3 is 2. The third-order valence-corrected chi connectivity index (χ3v) is 5.25. The minimum absolute atomic E-state index is 0.0147. The quantitative estimate of drug-likeness (QED) is 0.370. The highest BCUT2D eigenvalue weighted by Crippen LogP contribution is 2.45. The number of rotatable bonds is 5. The molecule has 0 aliphatic heterocycles. The van der Waals surface area contributed by atoms with Crippen molar-refractivity contribution >= 4 is 54.7 Å².